The minimum atomic E-state index is -0.316. The third-order valence-corrected chi connectivity index (χ3v) is 1.76. The highest BCUT2D eigenvalue weighted by atomic mass is 27.0. The van der Waals surface area contributed by atoms with Gasteiger partial charge in [-0.05, 0) is 23.6 Å². The molecule has 0 spiro atoms. The Morgan fingerprint density at radius 2 is 1.92 bits per heavy atom. The van der Waals surface area contributed by atoms with E-state index < -0.39 is 0 Å². The van der Waals surface area contributed by atoms with Gasteiger partial charge in [-0.3, -0.25) is 4.79 Å². The molecule has 0 aliphatic carbocycles. The lowest BCUT2D eigenvalue weighted by Crippen LogP contribution is -1.96. The zero-order valence-electron chi connectivity index (χ0n) is 7.82. The van der Waals surface area contributed by atoms with Gasteiger partial charge in [0.15, 0.2) is 5.75 Å². The topological polar surface area (TPSA) is 37.3 Å². The maximum Gasteiger partial charge on any atom is 0.220 e. The molecule has 1 N–H and O–H groups in total. The minimum absolute atomic E-state index is 0. The van der Waals surface area contributed by atoms with E-state index >= 15 is 0 Å². The van der Waals surface area contributed by atoms with Crippen LogP contribution in [0, 0.1) is 0 Å². The zero-order chi connectivity index (χ0) is 9.14. The van der Waals surface area contributed by atoms with Crippen molar-refractivity contribution in [1.82, 2.24) is 0 Å². The normalized spacial score (nSPS) is 9.46. The van der Waals surface area contributed by atoms with Crippen molar-refractivity contribution >= 4 is 17.4 Å². The van der Waals surface area contributed by atoms with Crippen LogP contribution < -0.4 is 5.43 Å². The van der Waals surface area contributed by atoms with Gasteiger partial charge in [-0.25, -0.2) is 0 Å². The Balaban J connectivity index is 0.00000144. The van der Waals surface area contributed by atoms with E-state index in [1.165, 1.54) is 12.1 Å². The zero-order valence-corrected chi connectivity index (χ0v) is 8.97. The fourth-order valence-electron chi connectivity index (χ4n) is 0.965. The van der Waals surface area contributed by atoms with Gasteiger partial charge in [0.05, 0.1) is 0 Å². The van der Waals surface area contributed by atoms with Crippen molar-refractivity contribution < 1.29 is 5.11 Å². The summed E-state index contributed by atoms with van der Waals surface area (Å²) in [6, 6.07) is 6.41. The largest absolute Gasteiger partial charge is 0.504 e. The van der Waals surface area contributed by atoms with E-state index in [0.29, 0.717) is 5.92 Å². The molecule has 3 heteroatoms. The predicted molar refractivity (Wildman–Crippen MR) is 54.2 cm³/mol. The van der Waals surface area contributed by atoms with Crippen molar-refractivity contribution in [1.29, 1.82) is 0 Å². The number of hydrogen-bond donors (Lipinski definition) is 1. The van der Waals surface area contributed by atoms with Crippen LogP contribution in [0.25, 0.3) is 0 Å². The van der Waals surface area contributed by atoms with Gasteiger partial charge in [0.1, 0.15) is 0 Å². The van der Waals surface area contributed by atoms with Crippen molar-refractivity contribution in [2.75, 3.05) is 0 Å². The molecule has 0 aliphatic rings. The molecule has 67 valence electrons. The van der Waals surface area contributed by atoms with Crippen LogP contribution in [0.3, 0.4) is 0 Å². The van der Waals surface area contributed by atoms with Crippen molar-refractivity contribution in [3.05, 3.63) is 40.1 Å². The molecule has 0 aliphatic heterocycles. The highest BCUT2D eigenvalue weighted by molar-refractivity contribution is 5.75. The van der Waals surface area contributed by atoms with Crippen LogP contribution in [0.2, 0.25) is 0 Å². The summed E-state index contributed by atoms with van der Waals surface area (Å²) in [5.74, 6) is 0.117. The summed E-state index contributed by atoms with van der Waals surface area (Å²) < 4.78 is 0. The third-order valence-electron chi connectivity index (χ3n) is 1.76. The molecule has 0 heterocycles. The van der Waals surface area contributed by atoms with Crippen LogP contribution in [0.4, 0.5) is 0 Å². The third kappa shape index (κ3) is 3.22. The molecule has 3 radical (unpaired) electrons. The molecule has 1 aromatic carbocycles. The molecule has 0 amide bonds. The quantitative estimate of drug-likeness (QED) is 0.683. The van der Waals surface area contributed by atoms with Crippen LogP contribution in [-0.4, -0.2) is 22.5 Å². The van der Waals surface area contributed by atoms with Crippen LogP contribution in [0.15, 0.2) is 29.1 Å². The Bertz CT molecular complexity index is 334. The van der Waals surface area contributed by atoms with Gasteiger partial charge in [0, 0.05) is 17.4 Å². The van der Waals surface area contributed by atoms with Gasteiger partial charge in [0.25, 0.3) is 0 Å². The lowest BCUT2D eigenvalue weighted by Gasteiger charge is -1.98. The van der Waals surface area contributed by atoms with Crippen molar-refractivity contribution in [2.45, 2.75) is 19.8 Å². The average Bonchev–Trinajstić information content (AvgIpc) is 2.15. The van der Waals surface area contributed by atoms with Gasteiger partial charge in [-0.2, -0.15) is 0 Å². The lowest BCUT2D eigenvalue weighted by molar-refractivity contribution is 0.471. The van der Waals surface area contributed by atoms with Gasteiger partial charge in [0.2, 0.25) is 5.43 Å². The van der Waals surface area contributed by atoms with Crippen LogP contribution in [0.5, 0.6) is 5.75 Å². The van der Waals surface area contributed by atoms with Crippen molar-refractivity contribution in [2.24, 2.45) is 0 Å². The Kier molecular flexibility index (Phi) is 4.76. The van der Waals surface area contributed by atoms with E-state index in [-0.39, 0.29) is 28.5 Å². The average molecular weight is 191 g/mol. The molecule has 0 bridgehead atoms. The summed E-state index contributed by atoms with van der Waals surface area (Å²) >= 11 is 0. The number of hydrogen-bond acceptors (Lipinski definition) is 2. The molecule has 2 nitrogen and oxygen atoms in total. The molecule has 0 saturated heterocycles. The second kappa shape index (κ2) is 5.06. The molecule has 0 fully saturated rings. The molecule has 13 heavy (non-hydrogen) atoms. The predicted octanol–water partition coefficient (Wildman–Crippen LogP) is 1.50. The summed E-state index contributed by atoms with van der Waals surface area (Å²) in [5.41, 5.74) is 0.629. The van der Waals surface area contributed by atoms with Gasteiger partial charge in [-0.15, -0.1) is 0 Å². The Labute approximate surface area is 88.4 Å². The molecule has 1 aromatic rings. The highest BCUT2D eigenvalue weighted by Crippen LogP contribution is 2.11. The smallest absolute Gasteiger partial charge is 0.220 e. The second-order valence-corrected chi connectivity index (χ2v) is 3.07. The lowest BCUT2D eigenvalue weighted by atomic mass is 10.1. The summed E-state index contributed by atoms with van der Waals surface area (Å²) in [6.07, 6.45) is 0. The Morgan fingerprint density at radius 3 is 2.46 bits per heavy atom. The highest BCUT2D eigenvalue weighted by Gasteiger charge is 1.99. The van der Waals surface area contributed by atoms with E-state index in [0.717, 1.165) is 5.56 Å². The van der Waals surface area contributed by atoms with Gasteiger partial charge >= 0.3 is 0 Å². The van der Waals surface area contributed by atoms with E-state index in [2.05, 4.69) is 0 Å². The van der Waals surface area contributed by atoms with Gasteiger partial charge < -0.3 is 5.11 Å². The van der Waals surface area contributed by atoms with Crippen LogP contribution in [-0.2, 0) is 0 Å². The van der Waals surface area contributed by atoms with Crippen molar-refractivity contribution in [3.8, 4) is 5.75 Å². The van der Waals surface area contributed by atoms with Gasteiger partial charge in [-0.1, -0.05) is 26.0 Å². The fraction of sp³-hybridized carbons (Fsp3) is 0.300. The second-order valence-electron chi connectivity index (χ2n) is 3.07. The summed E-state index contributed by atoms with van der Waals surface area (Å²) in [4.78, 5) is 11.1. The minimum Gasteiger partial charge on any atom is -0.504 e. The maximum atomic E-state index is 11.1. The SMILES string of the molecule is CC(C)c1cccc(O)c(=O)c1.[Al]. The molecule has 0 aromatic heterocycles. The van der Waals surface area contributed by atoms with Crippen LogP contribution in [0.1, 0.15) is 25.3 Å². The van der Waals surface area contributed by atoms with Crippen LogP contribution >= 0.6 is 0 Å². The Hall–Kier alpha value is -0.778. The first-order valence-corrected chi connectivity index (χ1v) is 3.94. The Morgan fingerprint density at radius 1 is 1.31 bits per heavy atom. The first-order chi connectivity index (χ1) is 5.61. The molecule has 0 saturated carbocycles. The summed E-state index contributed by atoms with van der Waals surface area (Å²) in [6.45, 7) is 4.01. The summed E-state index contributed by atoms with van der Waals surface area (Å²) in [5, 5.41) is 9.07. The van der Waals surface area contributed by atoms with Crippen molar-refractivity contribution in [3.63, 3.8) is 0 Å². The first kappa shape index (κ1) is 12.2. The number of aromatic hydroxyl groups is 1. The maximum absolute atomic E-state index is 11.1. The number of rotatable bonds is 1. The standard InChI is InChI=1S/C10H12O2.Al/c1-7(2)8-4-3-5-9(11)10(12)6-8;/h3-7H,1-2H3,(H,11,12);. The van der Waals surface area contributed by atoms with E-state index in [1.54, 1.807) is 6.07 Å². The van der Waals surface area contributed by atoms with E-state index in [1.807, 2.05) is 19.9 Å². The van der Waals surface area contributed by atoms with E-state index in [4.69, 9.17) is 5.11 Å². The first-order valence-electron chi connectivity index (χ1n) is 3.94. The molecule has 0 atom stereocenters. The summed E-state index contributed by atoms with van der Waals surface area (Å²) in [7, 11) is 0. The van der Waals surface area contributed by atoms with E-state index in [9.17, 15) is 4.79 Å². The molecule has 1 rings (SSSR count). The fourth-order valence-corrected chi connectivity index (χ4v) is 0.965. The molecular weight excluding hydrogens is 179 g/mol. The monoisotopic (exact) mass is 191 g/mol. The molecule has 0 unspecified atom stereocenters. The molecular formula is C10H12AlO2.